The molecule has 0 saturated carbocycles. The van der Waals surface area contributed by atoms with Crippen molar-refractivity contribution in [3.8, 4) is 0 Å². The van der Waals surface area contributed by atoms with Crippen LogP contribution in [0.25, 0.3) is 0 Å². The Kier molecular flexibility index (Phi) is 3.20. The van der Waals surface area contributed by atoms with Gasteiger partial charge in [-0.25, -0.2) is 4.79 Å². The maximum absolute atomic E-state index is 11.9. The van der Waals surface area contributed by atoms with Gasteiger partial charge in [0.15, 0.2) is 6.10 Å². The van der Waals surface area contributed by atoms with Gasteiger partial charge in [0.2, 0.25) is 0 Å². The molecular formula is C7H10F3NO3. The summed E-state index contributed by atoms with van der Waals surface area (Å²) in [7, 11) is 0. The van der Waals surface area contributed by atoms with E-state index in [0.29, 0.717) is 6.42 Å². The Balaban J connectivity index is 2.46. The fraction of sp³-hybridized carbons (Fsp3) is 0.857. The highest BCUT2D eigenvalue weighted by molar-refractivity contribution is 5.68. The van der Waals surface area contributed by atoms with E-state index in [1.807, 2.05) is 0 Å². The molecule has 14 heavy (non-hydrogen) atoms. The maximum Gasteiger partial charge on any atom is 0.416 e. The number of β-amino-alcohol motifs (C(OH)–C–C–N with tert-alkyl or cyclic N) is 1. The quantitative estimate of drug-likeness (QED) is 0.736. The van der Waals surface area contributed by atoms with E-state index < -0.39 is 24.9 Å². The average Bonchev–Trinajstić information content (AvgIpc) is 2.07. The van der Waals surface area contributed by atoms with Crippen molar-refractivity contribution in [1.82, 2.24) is 4.90 Å². The molecule has 82 valence electrons. The molecule has 0 spiro atoms. The van der Waals surface area contributed by atoms with Crippen LogP contribution in [0.3, 0.4) is 0 Å². The number of aliphatic hydroxyl groups is 1. The highest BCUT2D eigenvalue weighted by Gasteiger charge is 2.40. The standard InChI is InChI=1S/C7H10F3NO3/c8-7(9,10)5(12)4-11-2-1-3-14-6(11)13/h5,12H,1-4H2. The van der Waals surface area contributed by atoms with E-state index in [0.717, 1.165) is 4.90 Å². The summed E-state index contributed by atoms with van der Waals surface area (Å²) in [6, 6.07) is 0. The van der Waals surface area contributed by atoms with E-state index in [2.05, 4.69) is 4.74 Å². The Hall–Kier alpha value is -0.980. The summed E-state index contributed by atoms with van der Waals surface area (Å²) in [6.07, 6.45) is -7.53. The number of carbonyl (C=O) groups excluding carboxylic acids is 1. The molecular weight excluding hydrogens is 203 g/mol. The van der Waals surface area contributed by atoms with Crippen molar-refractivity contribution in [2.75, 3.05) is 19.7 Å². The van der Waals surface area contributed by atoms with Gasteiger partial charge in [0.25, 0.3) is 0 Å². The molecule has 4 nitrogen and oxygen atoms in total. The van der Waals surface area contributed by atoms with E-state index in [-0.39, 0.29) is 13.2 Å². The SMILES string of the molecule is O=C1OCCCN1CC(O)C(F)(F)F. The summed E-state index contributed by atoms with van der Waals surface area (Å²) in [5, 5.41) is 8.68. The Morgan fingerprint density at radius 3 is 2.71 bits per heavy atom. The van der Waals surface area contributed by atoms with Crippen LogP contribution in [0.5, 0.6) is 0 Å². The lowest BCUT2D eigenvalue weighted by molar-refractivity contribution is -0.207. The normalized spacial score (nSPS) is 20.6. The number of alkyl halides is 3. The third-order valence-corrected chi connectivity index (χ3v) is 1.83. The zero-order chi connectivity index (χ0) is 10.8. The van der Waals surface area contributed by atoms with Gasteiger partial charge in [-0.2, -0.15) is 13.2 Å². The first-order chi connectivity index (χ1) is 6.41. The van der Waals surface area contributed by atoms with Crippen LogP contribution < -0.4 is 0 Å². The van der Waals surface area contributed by atoms with Crippen molar-refractivity contribution in [3.63, 3.8) is 0 Å². The van der Waals surface area contributed by atoms with Crippen molar-refractivity contribution in [3.05, 3.63) is 0 Å². The Bertz CT molecular complexity index is 219. The van der Waals surface area contributed by atoms with Gasteiger partial charge >= 0.3 is 12.3 Å². The lowest BCUT2D eigenvalue weighted by atomic mass is 10.3. The summed E-state index contributed by atoms with van der Waals surface area (Å²) in [4.78, 5) is 11.7. The first kappa shape index (κ1) is 11.1. The van der Waals surface area contributed by atoms with Gasteiger partial charge in [-0.05, 0) is 6.42 Å². The molecule has 1 aliphatic heterocycles. The van der Waals surface area contributed by atoms with E-state index in [1.54, 1.807) is 0 Å². The number of ether oxygens (including phenoxy) is 1. The second kappa shape index (κ2) is 4.04. The highest BCUT2D eigenvalue weighted by Crippen LogP contribution is 2.21. The zero-order valence-corrected chi connectivity index (χ0v) is 7.25. The van der Waals surface area contributed by atoms with Crippen LogP contribution in [0, 0.1) is 0 Å². The van der Waals surface area contributed by atoms with Crippen LogP contribution in [0.1, 0.15) is 6.42 Å². The summed E-state index contributed by atoms with van der Waals surface area (Å²) < 4.78 is 40.2. The van der Waals surface area contributed by atoms with Gasteiger partial charge in [0.05, 0.1) is 13.2 Å². The van der Waals surface area contributed by atoms with E-state index >= 15 is 0 Å². The van der Waals surface area contributed by atoms with Crippen molar-refractivity contribution < 1.29 is 27.8 Å². The first-order valence-electron chi connectivity index (χ1n) is 4.08. The first-order valence-corrected chi connectivity index (χ1v) is 4.08. The van der Waals surface area contributed by atoms with Gasteiger partial charge in [0.1, 0.15) is 0 Å². The minimum Gasteiger partial charge on any atom is -0.449 e. The third kappa shape index (κ3) is 2.76. The average molecular weight is 213 g/mol. The maximum atomic E-state index is 11.9. The van der Waals surface area contributed by atoms with E-state index in [9.17, 15) is 18.0 Å². The molecule has 0 aromatic heterocycles. The van der Waals surface area contributed by atoms with Gasteiger partial charge < -0.3 is 14.7 Å². The lowest BCUT2D eigenvalue weighted by Crippen LogP contribution is -2.46. The number of hydrogen-bond donors (Lipinski definition) is 1. The summed E-state index contributed by atoms with van der Waals surface area (Å²) in [6.45, 7) is -0.355. The molecule has 0 bridgehead atoms. The Morgan fingerprint density at radius 2 is 2.21 bits per heavy atom. The van der Waals surface area contributed by atoms with Gasteiger partial charge in [0, 0.05) is 6.54 Å². The number of cyclic esters (lactones) is 1. The highest BCUT2D eigenvalue weighted by atomic mass is 19.4. The number of halogens is 3. The van der Waals surface area contributed by atoms with Crippen LogP contribution in [-0.2, 0) is 4.74 Å². The molecule has 0 radical (unpaired) electrons. The van der Waals surface area contributed by atoms with Crippen molar-refractivity contribution >= 4 is 6.09 Å². The largest absolute Gasteiger partial charge is 0.449 e. The van der Waals surface area contributed by atoms with E-state index in [4.69, 9.17) is 5.11 Å². The van der Waals surface area contributed by atoms with Crippen LogP contribution in [-0.4, -0.2) is 48.1 Å². The number of aliphatic hydroxyl groups excluding tert-OH is 1. The smallest absolute Gasteiger partial charge is 0.416 e. The minimum absolute atomic E-state index is 0.186. The zero-order valence-electron chi connectivity index (χ0n) is 7.25. The van der Waals surface area contributed by atoms with Gasteiger partial charge in [-0.15, -0.1) is 0 Å². The minimum atomic E-state index is -4.70. The van der Waals surface area contributed by atoms with Crippen LogP contribution >= 0.6 is 0 Å². The molecule has 0 aromatic carbocycles. The molecule has 1 unspecified atom stereocenters. The van der Waals surface area contributed by atoms with Crippen LogP contribution in [0.4, 0.5) is 18.0 Å². The summed E-state index contributed by atoms with van der Waals surface area (Å²) >= 11 is 0. The van der Waals surface area contributed by atoms with Crippen LogP contribution in [0.2, 0.25) is 0 Å². The molecule has 0 aliphatic carbocycles. The van der Waals surface area contributed by atoms with Crippen molar-refractivity contribution in [1.29, 1.82) is 0 Å². The number of amides is 1. The number of carbonyl (C=O) groups is 1. The third-order valence-electron chi connectivity index (χ3n) is 1.83. The molecule has 1 rings (SSSR count). The molecule has 7 heteroatoms. The molecule has 1 fully saturated rings. The second-order valence-electron chi connectivity index (χ2n) is 2.97. The number of hydrogen-bond acceptors (Lipinski definition) is 3. The van der Waals surface area contributed by atoms with Gasteiger partial charge in [-0.3, -0.25) is 0 Å². The Labute approximate surface area is 78.2 Å². The fourth-order valence-electron chi connectivity index (χ4n) is 1.08. The monoisotopic (exact) mass is 213 g/mol. The van der Waals surface area contributed by atoms with Crippen LogP contribution in [0.15, 0.2) is 0 Å². The van der Waals surface area contributed by atoms with Gasteiger partial charge in [-0.1, -0.05) is 0 Å². The molecule has 1 N–H and O–H groups in total. The molecule has 1 atom stereocenters. The topological polar surface area (TPSA) is 49.8 Å². The molecule has 1 heterocycles. The number of rotatable bonds is 2. The molecule has 1 amide bonds. The summed E-state index contributed by atoms with van der Waals surface area (Å²) in [5.41, 5.74) is 0. The molecule has 0 aromatic rings. The van der Waals surface area contributed by atoms with Crippen molar-refractivity contribution in [2.24, 2.45) is 0 Å². The fourth-order valence-corrected chi connectivity index (χ4v) is 1.08. The number of nitrogens with zero attached hydrogens (tertiary/aromatic N) is 1. The second-order valence-corrected chi connectivity index (χ2v) is 2.97. The predicted molar refractivity (Wildman–Crippen MR) is 39.6 cm³/mol. The van der Waals surface area contributed by atoms with Crippen molar-refractivity contribution in [2.45, 2.75) is 18.7 Å². The summed E-state index contributed by atoms with van der Waals surface area (Å²) in [5.74, 6) is 0. The Morgan fingerprint density at radius 1 is 1.57 bits per heavy atom. The molecule has 1 aliphatic rings. The lowest BCUT2D eigenvalue weighted by Gasteiger charge is -2.28. The molecule has 1 saturated heterocycles. The van der Waals surface area contributed by atoms with E-state index in [1.165, 1.54) is 0 Å². The predicted octanol–water partition coefficient (Wildman–Crippen LogP) is 0.752.